The summed E-state index contributed by atoms with van der Waals surface area (Å²) in [7, 11) is 0. The lowest BCUT2D eigenvalue weighted by Crippen LogP contribution is -2.49. The van der Waals surface area contributed by atoms with Crippen molar-refractivity contribution in [1.82, 2.24) is 10.2 Å². The van der Waals surface area contributed by atoms with Crippen molar-refractivity contribution in [2.75, 3.05) is 19.6 Å². The third kappa shape index (κ3) is 6.00. The summed E-state index contributed by atoms with van der Waals surface area (Å²) in [5.74, 6) is 2.09. The molecule has 1 aliphatic carbocycles. The van der Waals surface area contributed by atoms with Gasteiger partial charge in [0.15, 0.2) is 0 Å². The quantitative estimate of drug-likeness (QED) is 0.739. The van der Waals surface area contributed by atoms with Crippen molar-refractivity contribution in [2.24, 2.45) is 17.8 Å². The first-order valence-corrected chi connectivity index (χ1v) is 11.3. The zero-order chi connectivity index (χ0) is 19.2. The number of benzene rings is 1. The second kappa shape index (κ2) is 9.63. The van der Waals surface area contributed by atoms with Gasteiger partial charge in [-0.15, -0.1) is 11.8 Å². The Labute approximate surface area is 167 Å². The summed E-state index contributed by atoms with van der Waals surface area (Å²) in [6, 6.07) is 10.3. The molecule has 1 N–H and O–H groups in total. The largest absolute Gasteiger partial charge is 0.356 e. The van der Waals surface area contributed by atoms with Crippen LogP contribution in [0.2, 0.25) is 0 Å². The Bertz CT molecular complexity index is 630. The number of likely N-dealkylation sites (tertiary alicyclic amines) is 1. The van der Waals surface area contributed by atoms with E-state index in [1.807, 2.05) is 23.1 Å². The van der Waals surface area contributed by atoms with E-state index in [2.05, 4.69) is 31.3 Å². The molecule has 1 saturated carbocycles. The molecule has 0 bridgehead atoms. The van der Waals surface area contributed by atoms with E-state index >= 15 is 0 Å². The van der Waals surface area contributed by atoms with E-state index < -0.39 is 0 Å². The highest BCUT2D eigenvalue weighted by Gasteiger charge is 2.33. The SMILES string of the molecule is CC(C)C(SCc1ccccc1)C(=O)N1CCCC(C(=O)NCC2CC2)C1. The summed E-state index contributed by atoms with van der Waals surface area (Å²) in [6.07, 6.45) is 4.29. The van der Waals surface area contributed by atoms with Crippen molar-refractivity contribution in [3.8, 4) is 0 Å². The fourth-order valence-corrected chi connectivity index (χ4v) is 4.83. The Morgan fingerprint density at radius 1 is 1.19 bits per heavy atom. The monoisotopic (exact) mass is 388 g/mol. The number of hydrogen-bond donors (Lipinski definition) is 1. The predicted molar refractivity (Wildman–Crippen MR) is 111 cm³/mol. The van der Waals surface area contributed by atoms with Gasteiger partial charge in [-0.3, -0.25) is 9.59 Å². The molecular formula is C22H32N2O2S. The van der Waals surface area contributed by atoms with Crippen LogP contribution in [-0.2, 0) is 15.3 Å². The van der Waals surface area contributed by atoms with Crippen LogP contribution in [-0.4, -0.2) is 41.6 Å². The van der Waals surface area contributed by atoms with Gasteiger partial charge in [-0.2, -0.15) is 0 Å². The number of hydrogen-bond acceptors (Lipinski definition) is 3. The maximum absolute atomic E-state index is 13.2. The maximum atomic E-state index is 13.2. The second-order valence-corrected chi connectivity index (χ2v) is 9.40. The lowest BCUT2D eigenvalue weighted by atomic mass is 9.96. The lowest BCUT2D eigenvalue weighted by molar-refractivity contribution is -0.135. The highest BCUT2D eigenvalue weighted by molar-refractivity contribution is 7.99. The summed E-state index contributed by atoms with van der Waals surface area (Å²) in [5.41, 5.74) is 1.25. The Balaban J connectivity index is 1.54. The van der Waals surface area contributed by atoms with Crippen LogP contribution in [0.5, 0.6) is 0 Å². The molecule has 2 amide bonds. The van der Waals surface area contributed by atoms with E-state index in [9.17, 15) is 9.59 Å². The molecule has 148 valence electrons. The zero-order valence-electron chi connectivity index (χ0n) is 16.5. The molecule has 27 heavy (non-hydrogen) atoms. The average Bonchev–Trinajstić information content (AvgIpc) is 3.51. The number of carbonyl (C=O) groups is 2. The first-order chi connectivity index (χ1) is 13.0. The number of thioether (sulfide) groups is 1. The van der Waals surface area contributed by atoms with Gasteiger partial charge in [0.2, 0.25) is 11.8 Å². The summed E-state index contributed by atoms with van der Waals surface area (Å²) < 4.78 is 0. The molecule has 2 fully saturated rings. The lowest BCUT2D eigenvalue weighted by Gasteiger charge is -2.35. The summed E-state index contributed by atoms with van der Waals surface area (Å²) in [6.45, 7) is 6.39. The number of nitrogens with one attached hydrogen (secondary N) is 1. The molecule has 3 rings (SSSR count). The standard InChI is InChI=1S/C22H32N2O2S/c1-16(2)20(27-15-18-7-4-3-5-8-18)22(26)24-12-6-9-19(14-24)21(25)23-13-17-10-11-17/h3-5,7-8,16-17,19-20H,6,9-15H2,1-2H3,(H,23,25). The molecule has 1 aliphatic heterocycles. The van der Waals surface area contributed by atoms with E-state index in [0.29, 0.717) is 12.5 Å². The first kappa shape index (κ1) is 20.2. The smallest absolute Gasteiger partial charge is 0.235 e. The third-order valence-corrected chi connectivity index (χ3v) is 7.09. The maximum Gasteiger partial charge on any atom is 0.235 e. The van der Waals surface area contributed by atoms with Crippen LogP contribution in [0.4, 0.5) is 0 Å². The number of carbonyl (C=O) groups excluding carboxylic acids is 2. The van der Waals surface area contributed by atoms with Crippen LogP contribution in [0.3, 0.4) is 0 Å². The minimum absolute atomic E-state index is 0.0478. The van der Waals surface area contributed by atoms with Crippen LogP contribution < -0.4 is 5.32 Å². The second-order valence-electron chi connectivity index (χ2n) is 8.27. The average molecular weight is 389 g/mol. The Hall–Kier alpha value is -1.49. The topological polar surface area (TPSA) is 49.4 Å². The third-order valence-electron chi connectivity index (χ3n) is 5.49. The molecule has 0 aromatic heterocycles. The van der Waals surface area contributed by atoms with E-state index in [4.69, 9.17) is 0 Å². The Morgan fingerprint density at radius 3 is 2.59 bits per heavy atom. The fourth-order valence-electron chi connectivity index (χ4n) is 3.59. The van der Waals surface area contributed by atoms with E-state index in [1.165, 1.54) is 18.4 Å². The van der Waals surface area contributed by atoms with Crippen LogP contribution in [0, 0.1) is 17.8 Å². The van der Waals surface area contributed by atoms with Gasteiger partial charge in [-0.25, -0.2) is 0 Å². The minimum Gasteiger partial charge on any atom is -0.356 e. The van der Waals surface area contributed by atoms with Crippen LogP contribution >= 0.6 is 11.8 Å². The van der Waals surface area contributed by atoms with Gasteiger partial charge in [-0.05, 0) is 43.1 Å². The molecule has 5 heteroatoms. The predicted octanol–water partition coefficient (Wildman–Crippen LogP) is 3.71. The molecule has 2 unspecified atom stereocenters. The van der Waals surface area contributed by atoms with Gasteiger partial charge in [0.25, 0.3) is 0 Å². The van der Waals surface area contributed by atoms with Crippen molar-refractivity contribution in [3.63, 3.8) is 0 Å². The van der Waals surface area contributed by atoms with Gasteiger partial charge in [0.05, 0.1) is 11.2 Å². The van der Waals surface area contributed by atoms with Crippen molar-refractivity contribution >= 4 is 23.6 Å². The highest BCUT2D eigenvalue weighted by atomic mass is 32.2. The summed E-state index contributed by atoms with van der Waals surface area (Å²) >= 11 is 1.72. The number of amides is 2. The molecule has 1 aromatic carbocycles. The van der Waals surface area contributed by atoms with Gasteiger partial charge in [-0.1, -0.05) is 44.2 Å². The summed E-state index contributed by atoms with van der Waals surface area (Å²) in [5, 5.41) is 3.03. The van der Waals surface area contributed by atoms with Crippen molar-refractivity contribution in [3.05, 3.63) is 35.9 Å². The van der Waals surface area contributed by atoms with Gasteiger partial charge >= 0.3 is 0 Å². The molecule has 2 atom stereocenters. The molecule has 2 aliphatic rings. The van der Waals surface area contributed by atoms with Crippen LogP contribution in [0.1, 0.15) is 45.1 Å². The Kier molecular flexibility index (Phi) is 7.22. The van der Waals surface area contributed by atoms with E-state index in [-0.39, 0.29) is 28.9 Å². The van der Waals surface area contributed by atoms with Crippen molar-refractivity contribution < 1.29 is 9.59 Å². The zero-order valence-corrected chi connectivity index (χ0v) is 17.3. The molecule has 1 saturated heterocycles. The minimum atomic E-state index is -0.0570. The normalized spacial score (nSPS) is 21.1. The molecule has 1 heterocycles. The number of piperidine rings is 1. The fraction of sp³-hybridized carbons (Fsp3) is 0.636. The van der Waals surface area contributed by atoms with Crippen LogP contribution in [0.15, 0.2) is 30.3 Å². The molecular weight excluding hydrogens is 356 g/mol. The summed E-state index contributed by atoms with van der Waals surface area (Å²) in [4.78, 5) is 27.6. The molecule has 0 radical (unpaired) electrons. The van der Waals surface area contributed by atoms with E-state index in [0.717, 1.165) is 31.7 Å². The number of rotatable bonds is 8. The first-order valence-electron chi connectivity index (χ1n) is 10.3. The molecule has 4 nitrogen and oxygen atoms in total. The van der Waals surface area contributed by atoms with Gasteiger partial charge in [0.1, 0.15) is 0 Å². The highest BCUT2D eigenvalue weighted by Crippen LogP contribution is 2.29. The Morgan fingerprint density at radius 2 is 1.93 bits per heavy atom. The van der Waals surface area contributed by atoms with Gasteiger partial charge < -0.3 is 10.2 Å². The van der Waals surface area contributed by atoms with E-state index in [1.54, 1.807) is 11.8 Å². The van der Waals surface area contributed by atoms with Crippen molar-refractivity contribution in [2.45, 2.75) is 50.5 Å². The van der Waals surface area contributed by atoms with Crippen molar-refractivity contribution in [1.29, 1.82) is 0 Å². The molecule has 0 spiro atoms. The number of nitrogens with zero attached hydrogens (tertiary/aromatic N) is 1. The van der Waals surface area contributed by atoms with Gasteiger partial charge in [0, 0.05) is 25.4 Å². The van der Waals surface area contributed by atoms with Crippen LogP contribution in [0.25, 0.3) is 0 Å². The molecule has 1 aromatic rings.